The van der Waals surface area contributed by atoms with Gasteiger partial charge in [-0.15, -0.1) is 0 Å². The van der Waals surface area contributed by atoms with Crippen LogP contribution in [0, 0.1) is 0 Å². The van der Waals surface area contributed by atoms with Gasteiger partial charge in [0.15, 0.2) is 11.6 Å². The maximum Gasteiger partial charge on any atom is 0.238 e. The monoisotopic (exact) mass is 849 g/mol. The molecule has 0 aliphatic heterocycles. The summed E-state index contributed by atoms with van der Waals surface area (Å²) in [5, 5.41) is 9.54. The van der Waals surface area contributed by atoms with Gasteiger partial charge in [-0.25, -0.2) is 4.98 Å². The third kappa shape index (κ3) is 5.89. The third-order valence-electron chi connectivity index (χ3n) is 14.6. The zero-order valence-corrected chi connectivity index (χ0v) is 37.5. The average Bonchev–Trinajstić information content (AvgIpc) is 3.87. The van der Waals surface area contributed by atoms with Gasteiger partial charge < -0.3 is 4.57 Å². The number of hydrogen-bond acceptors (Lipinski definition) is 3. The summed E-state index contributed by atoms with van der Waals surface area (Å²) >= 11 is 0. The second-order valence-corrected chi connectivity index (χ2v) is 19.5. The molecule has 1 aliphatic carbocycles. The van der Waals surface area contributed by atoms with Crippen LogP contribution >= 0.6 is 0 Å². The van der Waals surface area contributed by atoms with Gasteiger partial charge in [0.25, 0.3) is 0 Å². The molecule has 5 heteroatoms. The summed E-state index contributed by atoms with van der Waals surface area (Å²) in [5.74, 6) is 1.86. The number of benzene rings is 9. The van der Waals surface area contributed by atoms with Crippen LogP contribution < -0.4 is 0 Å². The van der Waals surface area contributed by atoms with Crippen molar-refractivity contribution in [3.05, 3.63) is 199 Å². The highest BCUT2D eigenvalue weighted by molar-refractivity contribution is 6.26. The predicted molar refractivity (Wildman–Crippen MR) is 275 cm³/mol. The van der Waals surface area contributed by atoms with Crippen molar-refractivity contribution >= 4 is 65.2 Å². The molecule has 0 N–H and O–H groups in total. The lowest BCUT2D eigenvalue weighted by Gasteiger charge is -2.42. The van der Waals surface area contributed by atoms with E-state index in [9.17, 15) is 0 Å². The molecule has 0 saturated heterocycles. The highest BCUT2D eigenvalue weighted by Crippen LogP contribution is 2.50. The van der Waals surface area contributed by atoms with Crippen molar-refractivity contribution in [2.24, 2.45) is 0 Å². The fourth-order valence-electron chi connectivity index (χ4n) is 11.0. The summed E-state index contributed by atoms with van der Waals surface area (Å²) in [6.07, 6.45) is 2.24. The molecule has 13 rings (SSSR count). The zero-order valence-electron chi connectivity index (χ0n) is 37.5. The minimum absolute atomic E-state index is 0.00832. The Morgan fingerprint density at radius 1 is 0.394 bits per heavy atom. The van der Waals surface area contributed by atoms with Crippen LogP contribution in [-0.4, -0.2) is 24.1 Å². The molecule has 5 nitrogen and oxygen atoms in total. The summed E-state index contributed by atoms with van der Waals surface area (Å²) in [6, 6.07) is 68.0. The molecule has 0 radical (unpaired) electrons. The molecule has 66 heavy (non-hydrogen) atoms. The molecule has 3 heterocycles. The van der Waals surface area contributed by atoms with E-state index in [1.165, 1.54) is 60.0 Å². The first-order valence-electron chi connectivity index (χ1n) is 23.2. The van der Waals surface area contributed by atoms with E-state index in [0.29, 0.717) is 17.6 Å². The van der Waals surface area contributed by atoms with Crippen LogP contribution in [0.4, 0.5) is 0 Å². The van der Waals surface area contributed by atoms with Gasteiger partial charge in [-0.2, -0.15) is 9.97 Å². The van der Waals surface area contributed by atoms with Gasteiger partial charge in [0.05, 0.1) is 22.1 Å². The molecule has 0 amide bonds. The van der Waals surface area contributed by atoms with Crippen LogP contribution in [0.1, 0.15) is 51.7 Å². The smallest absolute Gasteiger partial charge is 0.238 e. The van der Waals surface area contributed by atoms with E-state index in [0.717, 1.165) is 57.0 Å². The lowest BCUT2D eigenvalue weighted by Crippen LogP contribution is -2.33. The molecule has 0 spiro atoms. The van der Waals surface area contributed by atoms with Crippen molar-refractivity contribution in [2.75, 3.05) is 0 Å². The van der Waals surface area contributed by atoms with E-state index < -0.39 is 0 Å². The minimum Gasteiger partial charge on any atom is -0.309 e. The summed E-state index contributed by atoms with van der Waals surface area (Å²) in [7, 11) is 0. The van der Waals surface area contributed by atoms with E-state index in [1.807, 2.05) is 0 Å². The Balaban J connectivity index is 1.13. The van der Waals surface area contributed by atoms with Gasteiger partial charge in [-0.3, -0.25) is 4.57 Å². The fraction of sp³-hybridized carbons (Fsp3) is 0.131. The number of rotatable bonds is 5. The van der Waals surface area contributed by atoms with Crippen LogP contribution in [0.2, 0.25) is 0 Å². The van der Waals surface area contributed by atoms with Gasteiger partial charge in [0, 0.05) is 38.4 Å². The van der Waals surface area contributed by atoms with Crippen molar-refractivity contribution in [2.45, 2.75) is 51.4 Å². The maximum atomic E-state index is 5.53. The van der Waals surface area contributed by atoms with Crippen LogP contribution in [0.15, 0.2) is 188 Å². The van der Waals surface area contributed by atoms with E-state index in [2.05, 4.69) is 225 Å². The van der Waals surface area contributed by atoms with Gasteiger partial charge in [0.1, 0.15) is 0 Å². The van der Waals surface area contributed by atoms with E-state index in [-0.39, 0.29) is 10.8 Å². The van der Waals surface area contributed by atoms with E-state index >= 15 is 0 Å². The summed E-state index contributed by atoms with van der Waals surface area (Å²) in [4.78, 5) is 16.4. The molecule has 1 aliphatic rings. The normalized spacial score (nSPS) is 14.5. The number of aromatic nitrogens is 5. The first-order valence-corrected chi connectivity index (χ1v) is 23.2. The van der Waals surface area contributed by atoms with Gasteiger partial charge >= 0.3 is 0 Å². The number of fused-ring (bicyclic) bond motifs is 10. The van der Waals surface area contributed by atoms with Crippen LogP contribution in [0.25, 0.3) is 111 Å². The topological polar surface area (TPSA) is 48.5 Å². The van der Waals surface area contributed by atoms with Crippen LogP contribution in [-0.2, 0) is 10.8 Å². The largest absolute Gasteiger partial charge is 0.309 e. The maximum absolute atomic E-state index is 5.53. The number of hydrogen-bond donors (Lipinski definition) is 0. The van der Waals surface area contributed by atoms with Crippen molar-refractivity contribution in [3.63, 3.8) is 0 Å². The second-order valence-electron chi connectivity index (χ2n) is 19.5. The second kappa shape index (κ2) is 14.3. The lowest BCUT2D eigenvalue weighted by atomic mass is 9.63. The quantitative estimate of drug-likeness (QED) is 0.173. The van der Waals surface area contributed by atoms with Crippen molar-refractivity contribution in [1.29, 1.82) is 0 Å². The van der Waals surface area contributed by atoms with Crippen molar-refractivity contribution < 1.29 is 0 Å². The summed E-state index contributed by atoms with van der Waals surface area (Å²) in [6.45, 7) is 9.66. The molecule has 0 saturated carbocycles. The molecule has 0 fully saturated rings. The standard InChI is InChI=1S/C61H47N5/c1-60(2)33-34-61(3,4)51-37-54-49(36-50(51)60)55-53(32-31-47-46-22-12-13-24-52(46)65(56(47)55)44-19-6-5-7-20-44)66(54)59-63-57(62-58(64-59)48-23-14-18-40-16-10-11-21-45(40)48)41-28-25-39(26-29-41)43-30-27-38-15-8-9-17-42(38)35-43/h5-32,35-37H,33-34H2,1-4H3. The molecule has 9 aromatic carbocycles. The predicted octanol–water partition coefficient (Wildman–Crippen LogP) is 15.7. The first-order chi connectivity index (χ1) is 32.2. The summed E-state index contributed by atoms with van der Waals surface area (Å²) < 4.78 is 4.79. The highest BCUT2D eigenvalue weighted by Gasteiger charge is 2.38. The Morgan fingerprint density at radius 2 is 1.03 bits per heavy atom. The van der Waals surface area contributed by atoms with Gasteiger partial charge in [-0.1, -0.05) is 173 Å². The van der Waals surface area contributed by atoms with Crippen molar-refractivity contribution in [3.8, 4) is 45.5 Å². The SMILES string of the molecule is CC1(C)CCC(C)(C)c2cc3c(cc21)c1c(ccc2c4ccccc4n(-c4ccccc4)c21)n3-c1nc(-c2ccc(-c3ccc4ccccc4c3)cc2)nc(-c2cccc3ccccc23)n1. The van der Waals surface area contributed by atoms with Crippen LogP contribution in [0.5, 0.6) is 0 Å². The summed E-state index contributed by atoms with van der Waals surface area (Å²) in [5.41, 5.74) is 12.7. The third-order valence-corrected chi connectivity index (χ3v) is 14.6. The van der Waals surface area contributed by atoms with E-state index in [1.54, 1.807) is 0 Å². The Hall–Kier alpha value is -7.89. The lowest BCUT2D eigenvalue weighted by molar-refractivity contribution is 0.332. The molecule has 3 aromatic heterocycles. The van der Waals surface area contributed by atoms with Gasteiger partial charge in [0.2, 0.25) is 5.95 Å². The molecule has 0 bridgehead atoms. The van der Waals surface area contributed by atoms with E-state index in [4.69, 9.17) is 15.0 Å². The highest BCUT2D eigenvalue weighted by atomic mass is 15.2. The Morgan fingerprint density at radius 3 is 1.83 bits per heavy atom. The number of nitrogens with zero attached hydrogens (tertiary/aromatic N) is 5. The molecular formula is C61H47N5. The Labute approximate surface area is 383 Å². The zero-order chi connectivity index (χ0) is 44.3. The Bertz CT molecular complexity index is 3920. The van der Waals surface area contributed by atoms with Crippen LogP contribution in [0.3, 0.4) is 0 Å². The first kappa shape index (κ1) is 38.6. The molecule has 12 aromatic rings. The molecular weight excluding hydrogens is 803 g/mol. The Kier molecular flexibility index (Phi) is 8.36. The molecule has 316 valence electrons. The fourth-order valence-corrected chi connectivity index (χ4v) is 11.0. The van der Waals surface area contributed by atoms with Gasteiger partial charge in [-0.05, 0) is 110 Å². The number of para-hydroxylation sites is 2. The molecule has 0 atom stereocenters. The minimum atomic E-state index is -0.0141. The average molecular weight is 850 g/mol. The molecule has 0 unspecified atom stereocenters. The van der Waals surface area contributed by atoms with Crippen molar-refractivity contribution in [1.82, 2.24) is 24.1 Å².